The molecular weight excluding hydrogens is 146 g/mol. The molecule has 0 bridgehead atoms. The largest absolute Gasteiger partial charge is 0.418 e. The number of carbonyl (C=O) groups is 2. The van der Waals surface area contributed by atoms with Gasteiger partial charge in [-0.15, -0.1) is 0 Å². The molecule has 0 radical (unpaired) electrons. The van der Waals surface area contributed by atoms with E-state index in [1.807, 2.05) is 6.92 Å². The van der Waals surface area contributed by atoms with E-state index in [0.717, 1.165) is 12.8 Å². The molecule has 1 fully saturated rings. The van der Waals surface area contributed by atoms with Gasteiger partial charge in [-0.1, -0.05) is 13.3 Å². The van der Waals surface area contributed by atoms with E-state index in [0.29, 0.717) is 6.54 Å². The highest BCUT2D eigenvalue weighted by Crippen LogP contribution is 2.05. The predicted octanol–water partition coefficient (Wildman–Crippen LogP) is 0.765. The molecule has 0 spiro atoms. The highest BCUT2D eigenvalue weighted by molar-refractivity contribution is 5.92. The Kier molecular flexibility index (Phi) is 2.46. The van der Waals surface area contributed by atoms with Gasteiger partial charge in [0.15, 0.2) is 0 Å². The van der Waals surface area contributed by atoms with Crippen LogP contribution < -0.4 is 0 Å². The molecule has 4 heteroatoms. The van der Waals surface area contributed by atoms with Gasteiger partial charge in [0.05, 0.1) is 0 Å². The summed E-state index contributed by atoms with van der Waals surface area (Å²) in [6, 6.07) is 0. The van der Waals surface area contributed by atoms with E-state index in [-0.39, 0.29) is 6.54 Å². The fourth-order valence-corrected chi connectivity index (χ4v) is 0.934. The predicted molar refractivity (Wildman–Crippen MR) is 38.0 cm³/mol. The van der Waals surface area contributed by atoms with E-state index in [9.17, 15) is 9.59 Å². The molecule has 1 amide bonds. The van der Waals surface area contributed by atoms with E-state index in [1.54, 1.807) is 0 Å². The first kappa shape index (κ1) is 8.04. The normalized spacial score (nSPS) is 17.4. The third kappa shape index (κ3) is 1.93. The van der Waals surface area contributed by atoms with Crippen molar-refractivity contribution in [2.75, 3.05) is 13.1 Å². The second-order valence-electron chi connectivity index (χ2n) is 2.52. The standard InChI is InChI=1S/C7H11NO3/c1-2-3-4-8-5-6(9)11-7(8)10/h2-5H2,1H3. The molecule has 0 unspecified atom stereocenters. The third-order valence-electron chi connectivity index (χ3n) is 1.56. The number of carbonyl (C=O) groups excluding carboxylic acids is 2. The minimum Gasteiger partial charge on any atom is -0.375 e. The zero-order chi connectivity index (χ0) is 8.27. The Bertz CT molecular complexity index is 179. The molecule has 0 atom stereocenters. The van der Waals surface area contributed by atoms with Crippen molar-refractivity contribution in [3.8, 4) is 0 Å². The molecule has 4 nitrogen and oxygen atoms in total. The van der Waals surface area contributed by atoms with Crippen LogP contribution in [0.2, 0.25) is 0 Å². The summed E-state index contributed by atoms with van der Waals surface area (Å²) in [5.74, 6) is -0.439. The molecule has 1 rings (SSSR count). The molecule has 0 N–H and O–H groups in total. The lowest BCUT2D eigenvalue weighted by molar-refractivity contribution is -0.132. The second-order valence-corrected chi connectivity index (χ2v) is 2.52. The lowest BCUT2D eigenvalue weighted by Gasteiger charge is -2.08. The molecule has 1 heterocycles. The van der Waals surface area contributed by atoms with Crippen LogP contribution in [-0.4, -0.2) is 30.1 Å². The fraction of sp³-hybridized carbons (Fsp3) is 0.714. The highest BCUT2D eigenvalue weighted by Gasteiger charge is 2.28. The minimum absolute atomic E-state index is 0.124. The van der Waals surface area contributed by atoms with E-state index < -0.39 is 12.1 Å². The first-order chi connectivity index (χ1) is 5.24. The van der Waals surface area contributed by atoms with Crippen molar-refractivity contribution in [1.29, 1.82) is 0 Å². The Morgan fingerprint density at radius 1 is 1.55 bits per heavy atom. The van der Waals surface area contributed by atoms with Gasteiger partial charge < -0.3 is 4.74 Å². The number of hydrogen-bond donors (Lipinski definition) is 0. The molecule has 62 valence electrons. The molecule has 0 aliphatic carbocycles. The van der Waals surface area contributed by atoms with Crippen LogP contribution >= 0.6 is 0 Å². The van der Waals surface area contributed by atoms with E-state index in [1.165, 1.54) is 4.90 Å². The quantitative estimate of drug-likeness (QED) is 0.449. The number of rotatable bonds is 3. The summed E-state index contributed by atoms with van der Waals surface area (Å²) in [4.78, 5) is 22.7. The van der Waals surface area contributed by atoms with Crippen molar-refractivity contribution in [2.24, 2.45) is 0 Å². The van der Waals surface area contributed by atoms with Crippen molar-refractivity contribution in [2.45, 2.75) is 19.8 Å². The van der Waals surface area contributed by atoms with Gasteiger partial charge >= 0.3 is 12.1 Å². The van der Waals surface area contributed by atoms with Gasteiger partial charge in [0.25, 0.3) is 0 Å². The Morgan fingerprint density at radius 2 is 2.27 bits per heavy atom. The molecule has 1 aliphatic heterocycles. The van der Waals surface area contributed by atoms with Crippen LogP contribution in [0.1, 0.15) is 19.8 Å². The Hall–Kier alpha value is -1.06. The van der Waals surface area contributed by atoms with E-state index >= 15 is 0 Å². The van der Waals surface area contributed by atoms with Crippen molar-refractivity contribution in [3.05, 3.63) is 0 Å². The summed E-state index contributed by atoms with van der Waals surface area (Å²) < 4.78 is 4.32. The SMILES string of the molecule is CCCCN1CC(=O)OC1=O. The minimum atomic E-state index is -0.497. The molecule has 1 aliphatic rings. The van der Waals surface area contributed by atoms with Crippen LogP contribution in [-0.2, 0) is 9.53 Å². The average molecular weight is 157 g/mol. The molecule has 1 saturated heterocycles. The van der Waals surface area contributed by atoms with Gasteiger partial charge in [0, 0.05) is 6.54 Å². The van der Waals surface area contributed by atoms with Crippen LogP contribution in [0.5, 0.6) is 0 Å². The summed E-state index contributed by atoms with van der Waals surface area (Å²) in [6.45, 7) is 2.78. The van der Waals surface area contributed by atoms with Crippen molar-refractivity contribution in [1.82, 2.24) is 4.90 Å². The lowest BCUT2D eigenvalue weighted by Crippen LogP contribution is -2.25. The summed E-state index contributed by atoms with van der Waals surface area (Å²) in [5.41, 5.74) is 0. The van der Waals surface area contributed by atoms with Gasteiger partial charge in [-0.05, 0) is 6.42 Å². The van der Waals surface area contributed by atoms with Gasteiger partial charge in [0.1, 0.15) is 6.54 Å². The van der Waals surface area contributed by atoms with Crippen LogP contribution in [0.4, 0.5) is 4.79 Å². The Morgan fingerprint density at radius 3 is 2.73 bits per heavy atom. The number of cyclic esters (lactones) is 2. The summed E-state index contributed by atoms with van der Waals surface area (Å²) >= 11 is 0. The maximum absolute atomic E-state index is 10.8. The number of hydrogen-bond acceptors (Lipinski definition) is 3. The smallest absolute Gasteiger partial charge is 0.375 e. The molecule has 0 aromatic heterocycles. The number of amides is 1. The van der Waals surface area contributed by atoms with E-state index in [2.05, 4.69) is 4.74 Å². The molecule has 0 aromatic rings. The zero-order valence-corrected chi connectivity index (χ0v) is 6.50. The van der Waals surface area contributed by atoms with Gasteiger partial charge in [-0.25, -0.2) is 9.59 Å². The maximum atomic E-state index is 10.8. The molecular formula is C7H11NO3. The van der Waals surface area contributed by atoms with Crippen LogP contribution in [0.3, 0.4) is 0 Å². The monoisotopic (exact) mass is 157 g/mol. The highest BCUT2D eigenvalue weighted by atomic mass is 16.6. The summed E-state index contributed by atoms with van der Waals surface area (Å²) in [7, 11) is 0. The first-order valence-corrected chi connectivity index (χ1v) is 3.73. The molecule has 0 saturated carbocycles. The zero-order valence-electron chi connectivity index (χ0n) is 6.50. The topological polar surface area (TPSA) is 46.6 Å². The third-order valence-corrected chi connectivity index (χ3v) is 1.56. The van der Waals surface area contributed by atoms with Crippen molar-refractivity contribution >= 4 is 12.1 Å². The maximum Gasteiger partial charge on any atom is 0.418 e. The number of unbranched alkanes of at least 4 members (excludes halogenated alkanes) is 1. The number of ether oxygens (including phenoxy) is 1. The summed E-state index contributed by atoms with van der Waals surface area (Å²) in [5, 5.41) is 0. The van der Waals surface area contributed by atoms with Crippen molar-refractivity contribution in [3.63, 3.8) is 0 Å². The van der Waals surface area contributed by atoms with Gasteiger partial charge in [-0.3, -0.25) is 4.90 Å². The second kappa shape index (κ2) is 3.37. The first-order valence-electron chi connectivity index (χ1n) is 3.73. The fourth-order valence-electron chi connectivity index (χ4n) is 0.934. The summed E-state index contributed by atoms with van der Waals surface area (Å²) in [6.07, 6.45) is 1.43. The van der Waals surface area contributed by atoms with Gasteiger partial charge in [-0.2, -0.15) is 0 Å². The van der Waals surface area contributed by atoms with Crippen LogP contribution in [0.25, 0.3) is 0 Å². The molecule has 0 aromatic carbocycles. The number of nitrogens with zero attached hydrogens (tertiary/aromatic N) is 1. The van der Waals surface area contributed by atoms with E-state index in [4.69, 9.17) is 0 Å². The number of esters is 1. The van der Waals surface area contributed by atoms with Gasteiger partial charge in [0.2, 0.25) is 0 Å². The Balaban J connectivity index is 2.34. The molecule has 11 heavy (non-hydrogen) atoms. The average Bonchev–Trinajstić information content (AvgIpc) is 2.26. The van der Waals surface area contributed by atoms with Crippen molar-refractivity contribution < 1.29 is 14.3 Å². The Labute approximate surface area is 65.1 Å². The lowest BCUT2D eigenvalue weighted by atomic mass is 10.3. The van der Waals surface area contributed by atoms with Crippen LogP contribution in [0.15, 0.2) is 0 Å². The van der Waals surface area contributed by atoms with Crippen LogP contribution in [0, 0.1) is 0 Å².